The van der Waals surface area contributed by atoms with E-state index in [1.54, 1.807) is 0 Å². The molecular formula is C15H32N2O2. The highest BCUT2D eigenvalue weighted by atomic mass is 16.6. The summed E-state index contributed by atoms with van der Waals surface area (Å²) in [6, 6.07) is 0.139. The Morgan fingerprint density at radius 1 is 1.21 bits per heavy atom. The van der Waals surface area contributed by atoms with Crippen molar-refractivity contribution < 1.29 is 9.53 Å². The van der Waals surface area contributed by atoms with E-state index >= 15 is 0 Å². The number of hydrogen-bond donors (Lipinski definition) is 1. The maximum atomic E-state index is 11.9. The average Bonchev–Trinajstić information content (AvgIpc) is 2.31. The predicted molar refractivity (Wildman–Crippen MR) is 80.4 cm³/mol. The minimum absolute atomic E-state index is 0.139. The van der Waals surface area contributed by atoms with Crippen molar-refractivity contribution in [3.8, 4) is 0 Å². The Morgan fingerprint density at radius 3 is 2.11 bits per heavy atom. The maximum Gasteiger partial charge on any atom is 0.407 e. The highest BCUT2D eigenvalue weighted by Crippen LogP contribution is 2.12. The van der Waals surface area contributed by atoms with Crippen LogP contribution in [0.25, 0.3) is 0 Å². The van der Waals surface area contributed by atoms with Crippen molar-refractivity contribution in [2.45, 2.75) is 66.5 Å². The molecule has 4 heteroatoms. The van der Waals surface area contributed by atoms with Crippen LogP contribution in [0.3, 0.4) is 0 Å². The van der Waals surface area contributed by atoms with Crippen LogP contribution in [-0.4, -0.2) is 42.3 Å². The van der Waals surface area contributed by atoms with Crippen molar-refractivity contribution in [3.05, 3.63) is 0 Å². The van der Waals surface area contributed by atoms with Crippen molar-refractivity contribution in [2.24, 2.45) is 5.92 Å². The molecule has 0 aliphatic heterocycles. The summed E-state index contributed by atoms with van der Waals surface area (Å²) < 4.78 is 5.34. The van der Waals surface area contributed by atoms with Gasteiger partial charge in [0.1, 0.15) is 5.60 Å². The Morgan fingerprint density at radius 2 is 1.74 bits per heavy atom. The Labute approximate surface area is 118 Å². The number of hydrogen-bond acceptors (Lipinski definition) is 3. The van der Waals surface area contributed by atoms with Gasteiger partial charge < -0.3 is 15.0 Å². The first-order valence-corrected chi connectivity index (χ1v) is 7.45. The van der Waals surface area contributed by atoms with Gasteiger partial charge in [-0.1, -0.05) is 34.1 Å². The highest BCUT2D eigenvalue weighted by molar-refractivity contribution is 5.68. The Balaban J connectivity index is 4.55. The zero-order chi connectivity index (χ0) is 15.1. The first-order valence-electron chi connectivity index (χ1n) is 7.45. The fourth-order valence-electron chi connectivity index (χ4n) is 1.87. The third-order valence-corrected chi connectivity index (χ3v) is 3.38. The molecule has 0 aromatic rings. The molecule has 4 nitrogen and oxygen atoms in total. The second-order valence-electron chi connectivity index (χ2n) is 6.12. The van der Waals surface area contributed by atoms with E-state index in [0.29, 0.717) is 5.92 Å². The van der Waals surface area contributed by atoms with Gasteiger partial charge in [-0.25, -0.2) is 4.79 Å². The number of alkyl carbamates (subject to hydrolysis) is 1. The van der Waals surface area contributed by atoms with Gasteiger partial charge in [-0.05, 0) is 39.8 Å². The molecule has 1 N–H and O–H groups in total. The van der Waals surface area contributed by atoms with E-state index in [-0.39, 0.29) is 12.1 Å². The molecular weight excluding hydrogens is 240 g/mol. The van der Waals surface area contributed by atoms with Gasteiger partial charge in [0.2, 0.25) is 0 Å². The van der Waals surface area contributed by atoms with Gasteiger partial charge in [0.15, 0.2) is 0 Å². The van der Waals surface area contributed by atoms with E-state index < -0.39 is 5.60 Å². The predicted octanol–water partition coefficient (Wildman–Crippen LogP) is 3.27. The van der Waals surface area contributed by atoms with Gasteiger partial charge in [0.05, 0.1) is 0 Å². The molecule has 114 valence electrons. The van der Waals surface area contributed by atoms with Crippen molar-refractivity contribution >= 4 is 6.09 Å². The molecule has 0 saturated carbocycles. The molecule has 0 saturated heterocycles. The number of amides is 1. The lowest BCUT2D eigenvalue weighted by atomic mass is 9.98. The molecule has 0 aliphatic carbocycles. The molecule has 0 radical (unpaired) electrons. The topological polar surface area (TPSA) is 41.6 Å². The minimum Gasteiger partial charge on any atom is -0.444 e. The lowest BCUT2D eigenvalue weighted by molar-refractivity contribution is 0.0471. The van der Waals surface area contributed by atoms with Gasteiger partial charge >= 0.3 is 6.09 Å². The zero-order valence-electron chi connectivity index (χ0n) is 13.7. The maximum absolute atomic E-state index is 11.9. The van der Waals surface area contributed by atoms with Crippen LogP contribution in [0.4, 0.5) is 4.79 Å². The van der Waals surface area contributed by atoms with Gasteiger partial charge in [0.25, 0.3) is 0 Å². The molecule has 0 unspecified atom stereocenters. The van der Waals surface area contributed by atoms with Gasteiger partial charge in [0, 0.05) is 12.6 Å². The number of nitrogens with zero attached hydrogens (tertiary/aromatic N) is 1. The summed E-state index contributed by atoms with van der Waals surface area (Å²) in [5, 5.41) is 3.02. The van der Waals surface area contributed by atoms with E-state index in [0.717, 1.165) is 26.1 Å². The molecule has 0 rings (SSSR count). The number of likely N-dealkylation sites (N-methyl/N-ethyl adjacent to an activating group) is 1. The Bertz CT molecular complexity index is 257. The van der Waals surface area contributed by atoms with Crippen molar-refractivity contribution in [1.29, 1.82) is 0 Å². The summed E-state index contributed by atoms with van der Waals surface area (Å²) in [5.41, 5.74) is -0.445. The first kappa shape index (κ1) is 18.2. The second kappa shape index (κ2) is 8.41. The third kappa shape index (κ3) is 8.09. The SMILES string of the molecule is CC[C@H](C)[C@@H](CN(CC)CC)NC(=O)OC(C)(C)C. The number of rotatable bonds is 7. The van der Waals surface area contributed by atoms with Crippen LogP contribution in [-0.2, 0) is 4.74 Å². The first-order chi connectivity index (χ1) is 8.73. The lowest BCUT2D eigenvalue weighted by Gasteiger charge is -2.31. The van der Waals surface area contributed by atoms with Crippen molar-refractivity contribution in [3.63, 3.8) is 0 Å². The van der Waals surface area contributed by atoms with Crippen molar-refractivity contribution in [2.75, 3.05) is 19.6 Å². The van der Waals surface area contributed by atoms with Crippen LogP contribution in [0.1, 0.15) is 54.9 Å². The van der Waals surface area contributed by atoms with E-state index in [1.807, 2.05) is 20.8 Å². The summed E-state index contributed by atoms with van der Waals surface area (Å²) >= 11 is 0. The summed E-state index contributed by atoms with van der Waals surface area (Å²) in [4.78, 5) is 14.2. The van der Waals surface area contributed by atoms with Gasteiger partial charge in [-0.15, -0.1) is 0 Å². The van der Waals surface area contributed by atoms with Crippen LogP contribution in [0, 0.1) is 5.92 Å². The number of ether oxygens (including phenoxy) is 1. The normalized spacial score (nSPS) is 15.2. The van der Waals surface area contributed by atoms with Gasteiger partial charge in [-0.3, -0.25) is 0 Å². The quantitative estimate of drug-likeness (QED) is 0.773. The Kier molecular flexibility index (Phi) is 8.07. The second-order valence-corrected chi connectivity index (χ2v) is 6.12. The van der Waals surface area contributed by atoms with E-state index in [4.69, 9.17) is 4.74 Å². The smallest absolute Gasteiger partial charge is 0.407 e. The van der Waals surface area contributed by atoms with Crippen LogP contribution >= 0.6 is 0 Å². The van der Waals surface area contributed by atoms with Crippen molar-refractivity contribution in [1.82, 2.24) is 10.2 Å². The van der Waals surface area contributed by atoms with Crippen LogP contribution < -0.4 is 5.32 Å². The third-order valence-electron chi connectivity index (χ3n) is 3.38. The molecule has 0 spiro atoms. The zero-order valence-corrected chi connectivity index (χ0v) is 13.7. The monoisotopic (exact) mass is 272 g/mol. The summed E-state index contributed by atoms with van der Waals surface area (Å²) in [6.07, 6.45) is 0.729. The molecule has 0 aromatic heterocycles. The summed E-state index contributed by atoms with van der Waals surface area (Å²) in [7, 11) is 0. The fraction of sp³-hybridized carbons (Fsp3) is 0.933. The van der Waals surface area contributed by atoms with Crippen LogP contribution in [0.5, 0.6) is 0 Å². The molecule has 0 aliphatic rings. The molecule has 19 heavy (non-hydrogen) atoms. The molecule has 1 amide bonds. The molecule has 0 aromatic carbocycles. The number of carbonyl (C=O) groups is 1. The summed E-state index contributed by atoms with van der Waals surface area (Å²) in [6.45, 7) is 17.1. The molecule has 2 atom stereocenters. The van der Waals surface area contributed by atoms with E-state index in [1.165, 1.54) is 0 Å². The largest absolute Gasteiger partial charge is 0.444 e. The fourth-order valence-corrected chi connectivity index (χ4v) is 1.87. The highest BCUT2D eigenvalue weighted by Gasteiger charge is 2.23. The molecule has 0 fully saturated rings. The van der Waals surface area contributed by atoms with Crippen LogP contribution in [0.15, 0.2) is 0 Å². The average molecular weight is 272 g/mol. The number of nitrogens with one attached hydrogen (secondary N) is 1. The van der Waals surface area contributed by atoms with Gasteiger partial charge in [-0.2, -0.15) is 0 Å². The summed E-state index contributed by atoms with van der Waals surface area (Å²) in [5.74, 6) is 0.438. The standard InChI is InChI=1S/C15H32N2O2/c1-8-12(4)13(11-17(9-2)10-3)16-14(18)19-15(5,6)7/h12-13H,8-11H2,1-7H3,(H,16,18)/t12-,13+/m0/s1. The lowest BCUT2D eigenvalue weighted by Crippen LogP contribution is -2.48. The Hall–Kier alpha value is -0.770. The van der Waals surface area contributed by atoms with E-state index in [2.05, 4.69) is 37.9 Å². The minimum atomic E-state index is -0.445. The molecule has 0 heterocycles. The van der Waals surface area contributed by atoms with E-state index in [9.17, 15) is 4.79 Å². The van der Waals surface area contributed by atoms with Crippen LogP contribution in [0.2, 0.25) is 0 Å². The number of carbonyl (C=O) groups excluding carboxylic acids is 1. The molecule has 0 bridgehead atoms.